The highest BCUT2D eigenvalue weighted by molar-refractivity contribution is 7.09. The highest BCUT2D eigenvalue weighted by atomic mass is 32.1. The summed E-state index contributed by atoms with van der Waals surface area (Å²) in [5.74, 6) is -1.38. The van der Waals surface area contributed by atoms with Gasteiger partial charge < -0.3 is 10.1 Å². The number of rotatable bonds is 6. The molecule has 0 spiro atoms. The first-order valence-corrected chi connectivity index (χ1v) is 7.15. The number of benzene rings is 1. The largest absolute Gasteiger partial charge is 0.452 e. The highest BCUT2D eigenvalue weighted by Gasteiger charge is 2.21. The first-order chi connectivity index (χ1) is 10.6. The van der Waals surface area contributed by atoms with Gasteiger partial charge in [-0.3, -0.25) is 14.9 Å². The number of carbonyl (C=O) groups is 2. The topological polar surface area (TPSA) is 98.5 Å². The lowest BCUT2D eigenvalue weighted by Crippen LogP contribution is -2.28. The van der Waals surface area contributed by atoms with Crippen molar-refractivity contribution >= 4 is 28.9 Å². The minimum absolute atomic E-state index is 0.182. The fourth-order valence-electron chi connectivity index (χ4n) is 1.66. The Morgan fingerprint density at radius 2 is 2.00 bits per heavy atom. The van der Waals surface area contributed by atoms with Gasteiger partial charge in [-0.05, 0) is 17.5 Å². The van der Waals surface area contributed by atoms with Crippen molar-refractivity contribution in [1.29, 1.82) is 0 Å². The van der Waals surface area contributed by atoms with Crippen LogP contribution in [0.4, 0.5) is 5.69 Å². The number of amides is 1. The van der Waals surface area contributed by atoms with Crippen LogP contribution in [-0.2, 0) is 16.1 Å². The van der Waals surface area contributed by atoms with Crippen LogP contribution in [0.5, 0.6) is 0 Å². The van der Waals surface area contributed by atoms with Gasteiger partial charge in [-0.15, -0.1) is 11.3 Å². The molecule has 1 aromatic heterocycles. The molecule has 0 saturated carbocycles. The van der Waals surface area contributed by atoms with E-state index < -0.39 is 23.4 Å². The monoisotopic (exact) mass is 320 g/mol. The lowest BCUT2D eigenvalue weighted by molar-refractivity contribution is -0.385. The Kier molecular flexibility index (Phi) is 5.21. The summed E-state index contributed by atoms with van der Waals surface area (Å²) in [6.45, 7) is -0.143. The summed E-state index contributed by atoms with van der Waals surface area (Å²) in [6, 6.07) is 9.14. The number of esters is 1. The van der Waals surface area contributed by atoms with Gasteiger partial charge in [0, 0.05) is 10.9 Å². The number of nitrogens with zero attached hydrogens (tertiary/aromatic N) is 1. The molecule has 0 aliphatic heterocycles. The van der Waals surface area contributed by atoms with Crippen LogP contribution >= 0.6 is 11.3 Å². The van der Waals surface area contributed by atoms with Gasteiger partial charge in [-0.25, -0.2) is 4.79 Å². The molecule has 2 aromatic rings. The number of ether oxygens (including phenoxy) is 1. The Morgan fingerprint density at radius 1 is 1.23 bits per heavy atom. The van der Waals surface area contributed by atoms with Gasteiger partial charge in [0.15, 0.2) is 6.61 Å². The van der Waals surface area contributed by atoms with Gasteiger partial charge in [-0.2, -0.15) is 0 Å². The molecular weight excluding hydrogens is 308 g/mol. The molecule has 8 heteroatoms. The summed E-state index contributed by atoms with van der Waals surface area (Å²) < 4.78 is 4.80. The van der Waals surface area contributed by atoms with E-state index in [-0.39, 0.29) is 11.3 Å². The molecule has 0 bridgehead atoms. The second-order valence-corrected chi connectivity index (χ2v) is 5.24. The molecule has 0 radical (unpaired) electrons. The molecular formula is C14H12N2O5S. The summed E-state index contributed by atoms with van der Waals surface area (Å²) in [4.78, 5) is 34.5. The maximum absolute atomic E-state index is 11.8. The number of nitrogens with one attached hydrogen (secondary N) is 1. The van der Waals surface area contributed by atoms with Crippen LogP contribution < -0.4 is 5.32 Å². The molecule has 0 aliphatic carbocycles. The molecule has 0 fully saturated rings. The smallest absolute Gasteiger partial charge is 0.345 e. The lowest BCUT2D eigenvalue weighted by Gasteiger charge is -2.06. The molecule has 22 heavy (non-hydrogen) atoms. The summed E-state index contributed by atoms with van der Waals surface area (Å²) in [5, 5.41) is 15.3. The Hall–Kier alpha value is -2.74. The minimum Gasteiger partial charge on any atom is -0.452 e. The number of hydrogen-bond donors (Lipinski definition) is 1. The molecule has 0 saturated heterocycles. The van der Waals surface area contributed by atoms with Crippen LogP contribution in [0.3, 0.4) is 0 Å². The third kappa shape index (κ3) is 4.13. The number of nitro benzene ring substituents is 1. The molecule has 2 rings (SSSR count). The zero-order valence-corrected chi connectivity index (χ0v) is 12.2. The average Bonchev–Trinajstić information content (AvgIpc) is 3.04. The Balaban J connectivity index is 1.87. The molecule has 0 unspecified atom stereocenters. The maximum atomic E-state index is 11.8. The predicted molar refractivity (Wildman–Crippen MR) is 79.5 cm³/mol. The van der Waals surface area contributed by atoms with Crippen molar-refractivity contribution in [3.8, 4) is 0 Å². The third-order valence-corrected chi connectivity index (χ3v) is 3.57. The van der Waals surface area contributed by atoms with Crippen LogP contribution in [0.25, 0.3) is 0 Å². The van der Waals surface area contributed by atoms with E-state index in [4.69, 9.17) is 4.74 Å². The zero-order valence-electron chi connectivity index (χ0n) is 11.4. The quantitative estimate of drug-likeness (QED) is 0.499. The van der Waals surface area contributed by atoms with Gasteiger partial charge >= 0.3 is 5.97 Å². The van der Waals surface area contributed by atoms with E-state index in [1.54, 1.807) is 0 Å². The molecule has 1 heterocycles. The SMILES string of the molecule is O=C(COC(=O)c1ccccc1[N+](=O)[O-])NCc1cccs1. The van der Waals surface area contributed by atoms with Crippen LogP contribution in [0.15, 0.2) is 41.8 Å². The number of carbonyl (C=O) groups excluding carboxylic acids is 2. The fourth-order valence-corrected chi connectivity index (χ4v) is 2.31. The van der Waals surface area contributed by atoms with E-state index in [9.17, 15) is 19.7 Å². The molecule has 0 atom stereocenters. The molecule has 1 N–H and O–H groups in total. The molecule has 114 valence electrons. The van der Waals surface area contributed by atoms with Crippen molar-refractivity contribution in [3.05, 3.63) is 62.3 Å². The van der Waals surface area contributed by atoms with Crippen molar-refractivity contribution in [2.24, 2.45) is 0 Å². The Labute approximate surface area is 129 Å². The summed E-state index contributed by atoms with van der Waals surface area (Å²) in [7, 11) is 0. The molecule has 7 nitrogen and oxygen atoms in total. The van der Waals surface area contributed by atoms with Crippen molar-refractivity contribution in [1.82, 2.24) is 5.32 Å². The highest BCUT2D eigenvalue weighted by Crippen LogP contribution is 2.18. The zero-order chi connectivity index (χ0) is 15.9. The second-order valence-electron chi connectivity index (χ2n) is 4.21. The standard InChI is InChI=1S/C14H12N2O5S/c17-13(15-8-10-4-3-7-22-10)9-21-14(18)11-5-1-2-6-12(11)16(19)20/h1-7H,8-9H2,(H,15,17). The number of hydrogen-bond acceptors (Lipinski definition) is 6. The number of nitro groups is 1. The normalized spacial score (nSPS) is 10.0. The van der Waals surface area contributed by atoms with E-state index in [1.165, 1.54) is 35.6 Å². The van der Waals surface area contributed by atoms with Crippen molar-refractivity contribution < 1.29 is 19.2 Å². The third-order valence-electron chi connectivity index (χ3n) is 2.69. The maximum Gasteiger partial charge on any atom is 0.345 e. The van der Waals surface area contributed by atoms with E-state index >= 15 is 0 Å². The number of para-hydroxylation sites is 1. The van der Waals surface area contributed by atoms with Gasteiger partial charge in [0.1, 0.15) is 5.56 Å². The van der Waals surface area contributed by atoms with Crippen LogP contribution in [0.2, 0.25) is 0 Å². The van der Waals surface area contributed by atoms with E-state index in [1.807, 2.05) is 17.5 Å². The van der Waals surface area contributed by atoms with Crippen molar-refractivity contribution in [2.75, 3.05) is 6.61 Å². The summed E-state index contributed by atoms with van der Waals surface area (Å²) in [6.07, 6.45) is 0. The molecule has 1 aromatic carbocycles. The van der Waals surface area contributed by atoms with Crippen LogP contribution in [-0.4, -0.2) is 23.4 Å². The first-order valence-electron chi connectivity index (χ1n) is 6.27. The lowest BCUT2D eigenvalue weighted by atomic mass is 10.2. The van der Waals surface area contributed by atoms with Gasteiger partial charge in [-0.1, -0.05) is 18.2 Å². The van der Waals surface area contributed by atoms with Crippen molar-refractivity contribution in [2.45, 2.75) is 6.54 Å². The molecule has 1 amide bonds. The number of thiophene rings is 1. The summed E-state index contributed by atoms with van der Waals surface area (Å²) in [5.41, 5.74) is -0.537. The van der Waals surface area contributed by atoms with Gasteiger partial charge in [0.05, 0.1) is 11.5 Å². The van der Waals surface area contributed by atoms with E-state index in [0.29, 0.717) is 6.54 Å². The Morgan fingerprint density at radius 3 is 2.68 bits per heavy atom. The minimum atomic E-state index is -0.904. The first kappa shape index (κ1) is 15.6. The van der Waals surface area contributed by atoms with Gasteiger partial charge in [0.25, 0.3) is 11.6 Å². The van der Waals surface area contributed by atoms with Crippen LogP contribution in [0.1, 0.15) is 15.2 Å². The van der Waals surface area contributed by atoms with E-state index in [2.05, 4.69) is 5.32 Å². The van der Waals surface area contributed by atoms with E-state index in [0.717, 1.165) is 4.88 Å². The van der Waals surface area contributed by atoms with Crippen molar-refractivity contribution in [3.63, 3.8) is 0 Å². The average molecular weight is 320 g/mol. The fraction of sp³-hybridized carbons (Fsp3) is 0.143. The second kappa shape index (κ2) is 7.32. The predicted octanol–water partition coefficient (Wildman–Crippen LogP) is 2.13. The van der Waals surface area contributed by atoms with Crippen LogP contribution in [0, 0.1) is 10.1 Å². The Bertz CT molecular complexity index is 684. The van der Waals surface area contributed by atoms with Gasteiger partial charge in [0.2, 0.25) is 0 Å². The summed E-state index contributed by atoms with van der Waals surface area (Å²) >= 11 is 1.49. The molecule has 0 aliphatic rings.